The van der Waals surface area contributed by atoms with E-state index >= 15 is 0 Å². The molecular formula is C33H24N6O2. The molecule has 0 N–H and O–H groups in total. The van der Waals surface area contributed by atoms with Gasteiger partial charge in [0.25, 0.3) is 0 Å². The van der Waals surface area contributed by atoms with Gasteiger partial charge in [-0.3, -0.25) is 0 Å². The average molecular weight is 537 g/mol. The fourth-order valence-corrected chi connectivity index (χ4v) is 5.61. The predicted molar refractivity (Wildman–Crippen MR) is 155 cm³/mol. The monoisotopic (exact) mass is 536 g/mol. The summed E-state index contributed by atoms with van der Waals surface area (Å²) in [6.45, 7) is 2.24. The largest absolute Gasteiger partial charge is 0.486 e. The van der Waals surface area contributed by atoms with Gasteiger partial charge in [0.05, 0.1) is 28.4 Å². The molecule has 41 heavy (non-hydrogen) atoms. The number of rotatable bonds is 5. The smallest absolute Gasteiger partial charge is 0.230 e. The molecule has 8 nitrogen and oxygen atoms in total. The van der Waals surface area contributed by atoms with Crippen molar-refractivity contribution in [1.82, 2.24) is 29.4 Å². The summed E-state index contributed by atoms with van der Waals surface area (Å²) in [5.74, 6) is 2.28. The SMILES string of the molecule is Cc1nn(-c2ccccc2)c2c1[C@H](c1ccccc1)c1c(ncn3nc(COc4ccc5ccccc5c4)nc13)O2. The van der Waals surface area contributed by atoms with Crippen LogP contribution in [0.5, 0.6) is 17.5 Å². The van der Waals surface area contributed by atoms with Gasteiger partial charge in [-0.15, -0.1) is 5.10 Å². The molecule has 0 amide bonds. The maximum absolute atomic E-state index is 6.50. The van der Waals surface area contributed by atoms with Crippen LogP contribution in [0.4, 0.5) is 0 Å². The number of aryl methyl sites for hydroxylation is 1. The minimum absolute atomic E-state index is 0.193. The minimum atomic E-state index is -0.193. The highest BCUT2D eigenvalue weighted by Crippen LogP contribution is 2.49. The van der Waals surface area contributed by atoms with Gasteiger partial charge in [0.15, 0.2) is 11.5 Å². The lowest BCUT2D eigenvalue weighted by Gasteiger charge is -2.26. The standard InChI is InChI=1S/C33H24N6O2/c1-21-28-29(23-11-4-2-5-12-23)30-31-35-27(19-40-26-17-16-22-10-8-9-13-24(22)18-26)37-38(31)20-34-32(30)41-33(28)39(36-21)25-14-6-3-7-15-25/h2-18,20,29H,19H2,1H3/t29-/m0/s1. The van der Waals surface area contributed by atoms with Gasteiger partial charge < -0.3 is 9.47 Å². The summed E-state index contributed by atoms with van der Waals surface area (Å²) < 4.78 is 16.2. The Bertz CT molecular complexity index is 2050. The maximum atomic E-state index is 6.50. The second-order valence-corrected chi connectivity index (χ2v) is 10.1. The van der Waals surface area contributed by atoms with Crippen molar-refractivity contribution >= 4 is 16.4 Å². The van der Waals surface area contributed by atoms with E-state index in [2.05, 4.69) is 35.3 Å². The highest BCUT2D eigenvalue weighted by molar-refractivity contribution is 5.83. The molecule has 4 heterocycles. The molecule has 0 spiro atoms. The van der Waals surface area contributed by atoms with Crippen molar-refractivity contribution in [3.8, 4) is 23.2 Å². The number of benzene rings is 4. The van der Waals surface area contributed by atoms with E-state index < -0.39 is 0 Å². The number of hydrogen-bond acceptors (Lipinski definition) is 6. The molecule has 0 saturated carbocycles. The summed E-state index contributed by atoms with van der Waals surface area (Å²) >= 11 is 0. The number of fused-ring (bicyclic) bond motifs is 5. The summed E-state index contributed by atoms with van der Waals surface area (Å²) in [4.78, 5) is 9.61. The third-order valence-electron chi connectivity index (χ3n) is 7.49. The van der Waals surface area contributed by atoms with Crippen LogP contribution in [0.25, 0.3) is 22.1 Å². The Morgan fingerprint density at radius 3 is 2.39 bits per heavy atom. The van der Waals surface area contributed by atoms with Gasteiger partial charge in [0.1, 0.15) is 18.7 Å². The molecule has 0 aliphatic carbocycles. The van der Waals surface area contributed by atoms with Crippen LogP contribution in [0.2, 0.25) is 0 Å². The van der Waals surface area contributed by atoms with Crippen LogP contribution in [-0.4, -0.2) is 29.4 Å². The van der Waals surface area contributed by atoms with Gasteiger partial charge in [-0.1, -0.05) is 78.9 Å². The van der Waals surface area contributed by atoms with Crippen molar-refractivity contribution < 1.29 is 9.47 Å². The fraction of sp³-hybridized carbons (Fsp3) is 0.0909. The van der Waals surface area contributed by atoms with E-state index in [1.54, 1.807) is 10.8 Å². The molecule has 0 unspecified atom stereocenters. The van der Waals surface area contributed by atoms with Crippen LogP contribution < -0.4 is 9.47 Å². The molecule has 1 aliphatic heterocycles. The van der Waals surface area contributed by atoms with Crippen molar-refractivity contribution in [2.75, 3.05) is 0 Å². The molecule has 1 aliphatic rings. The molecule has 8 rings (SSSR count). The van der Waals surface area contributed by atoms with Gasteiger partial charge >= 0.3 is 0 Å². The quantitative estimate of drug-likeness (QED) is 0.245. The maximum Gasteiger partial charge on any atom is 0.230 e. The lowest BCUT2D eigenvalue weighted by Crippen LogP contribution is -2.16. The van der Waals surface area contributed by atoms with E-state index in [0.717, 1.165) is 39.2 Å². The summed E-state index contributed by atoms with van der Waals surface area (Å²) in [6.07, 6.45) is 1.64. The lowest BCUT2D eigenvalue weighted by atomic mass is 9.84. The van der Waals surface area contributed by atoms with Gasteiger partial charge in [0, 0.05) is 0 Å². The number of nitrogens with zero attached hydrogens (tertiary/aromatic N) is 6. The van der Waals surface area contributed by atoms with Crippen LogP contribution in [0.3, 0.4) is 0 Å². The Balaban J connectivity index is 1.22. The molecule has 0 bridgehead atoms. The van der Waals surface area contributed by atoms with E-state index in [-0.39, 0.29) is 12.5 Å². The minimum Gasteiger partial charge on any atom is -0.486 e. The molecule has 7 aromatic rings. The third-order valence-corrected chi connectivity index (χ3v) is 7.49. The van der Waals surface area contributed by atoms with Gasteiger partial charge in [0.2, 0.25) is 11.8 Å². The topological polar surface area (TPSA) is 79.4 Å². The summed E-state index contributed by atoms with van der Waals surface area (Å²) in [7, 11) is 0. The lowest BCUT2D eigenvalue weighted by molar-refractivity contribution is 0.296. The Hall–Kier alpha value is -5.50. The first-order valence-corrected chi connectivity index (χ1v) is 13.5. The van der Waals surface area contributed by atoms with Crippen LogP contribution >= 0.6 is 0 Å². The zero-order valence-electron chi connectivity index (χ0n) is 22.2. The Kier molecular flexibility index (Phi) is 5.31. The van der Waals surface area contributed by atoms with E-state index in [9.17, 15) is 0 Å². The number of hydrogen-bond donors (Lipinski definition) is 0. The molecule has 4 aromatic carbocycles. The molecular weight excluding hydrogens is 512 g/mol. The van der Waals surface area contributed by atoms with Crippen LogP contribution in [0, 0.1) is 6.92 Å². The van der Waals surface area contributed by atoms with Crippen LogP contribution in [-0.2, 0) is 6.61 Å². The first-order chi connectivity index (χ1) is 20.2. The van der Waals surface area contributed by atoms with Gasteiger partial charge in [-0.25, -0.2) is 19.2 Å². The van der Waals surface area contributed by atoms with Crippen LogP contribution in [0.1, 0.15) is 34.1 Å². The van der Waals surface area contributed by atoms with Crippen molar-refractivity contribution in [1.29, 1.82) is 0 Å². The van der Waals surface area contributed by atoms with Gasteiger partial charge in [-0.2, -0.15) is 5.10 Å². The average Bonchev–Trinajstić information content (AvgIpc) is 3.60. The normalized spacial score (nSPS) is 14.0. The first-order valence-electron chi connectivity index (χ1n) is 13.5. The molecule has 8 heteroatoms. The van der Waals surface area contributed by atoms with E-state index in [4.69, 9.17) is 24.7 Å². The molecule has 0 saturated heterocycles. The molecule has 0 radical (unpaired) electrons. The number of para-hydroxylation sites is 1. The number of ether oxygens (including phenoxy) is 2. The Morgan fingerprint density at radius 2 is 1.56 bits per heavy atom. The molecule has 3 aromatic heterocycles. The first kappa shape index (κ1) is 23.4. The summed E-state index contributed by atoms with van der Waals surface area (Å²) in [5, 5.41) is 11.9. The zero-order chi connectivity index (χ0) is 27.3. The predicted octanol–water partition coefficient (Wildman–Crippen LogP) is 6.64. The fourth-order valence-electron chi connectivity index (χ4n) is 5.61. The van der Waals surface area contributed by atoms with Gasteiger partial charge in [-0.05, 0) is 47.5 Å². The highest BCUT2D eigenvalue weighted by Gasteiger charge is 2.38. The van der Waals surface area contributed by atoms with Crippen LogP contribution in [0.15, 0.2) is 109 Å². The Labute approximate surface area is 235 Å². The second-order valence-electron chi connectivity index (χ2n) is 10.1. The number of aromatic nitrogens is 6. The second kappa shape index (κ2) is 9.31. The third kappa shape index (κ3) is 3.91. The van der Waals surface area contributed by atoms with Crippen molar-refractivity contribution in [2.45, 2.75) is 19.4 Å². The molecule has 198 valence electrons. The van der Waals surface area contributed by atoms with Crippen molar-refractivity contribution in [2.24, 2.45) is 0 Å². The van der Waals surface area contributed by atoms with E-state index in [0.29, 0.717) is 23.2 Å². The molecule has 0 fully saturated rings. The highest BCUT2D eigenvalue weighted by atomic mass is 16.5. The van der Waals surface area contributed by atoms with E-state index in [1.165, 1.54) is 5.39 Å². The zero-order valence-corrected chi connectivity index (χ0v) is 22.2. The summed E-state index contributed by atoms with van der Waals surface area (Å²) in [6, 6.07) is 34.6. The van der Waals surface area contributed by atoms with Crippen molar-refractivity contribution in [3.63, 3.8) is 0 Å². The molecule has 1 atom stereocenters. The van der Waals surface area contributed by atoms with E-state index in [1.807, 2.05) is 84.4 Å². The summed E-state index contributed by atoms with van der Waals surface area (Å²) in [5.41, 5.74) is 5.42. The van der Waals surface area contributed by atoms with Crippen molar-refractivity contribution in [3.05, 3.63) is 138 Å². The Morgan fingerprint density at radius 1 is 0.805 bits per heavy atom.